The van der Waals surface area contributed by atoms with Crippen molar-refractivity contribution in [1.29, 1.82) is 0 Å². The van der Waals surface area contributed by atoms with Crippen LogP contribution >= 0.6 is 0 Å². The maximum absolute atomic E-state index is 13.1. The second-order valence-corrected chi connectivity index (χ2v) is 8.92. The highest BCUT2D eigenvalue weighted by Crippen LogP contribution is 2.30. The largest absolute Gasteiger partial charge is 0.496 e. The van der Waals surface area contributed by atoms with Crippen LogP contribution in [0.3, 0.4) is 0 Å². The Balaban J connectivity index is 1.42. The van der Waals surface area contributed by atoms with Gasteiger partial charge in [-0.1, -0.05) is 48.0 Å². The van der Waals surface area contributed by atoms with E-state index in [1.54, 1.807) is 7.11 Å². The third-order valence-electron chi connectivity index (χ3n) is 6.40. The van der Waals surface area contributed by atoms with Gasteiger partial charge in [-0.2, -0.15) is 0 Å². The molecule has 0 aliphatic carbocycles. The average Bonchev–Trinajstić information content (AvgIpc) is 2.83. The highest BCUT2D eigenvalue weighted by atomic mass is 16.5. The number of rotatable bonds is 7. The molecule has 2 aromatic carbocycles. The number of piperidine rings is 1. The number of ether oxygens (including phenoxy) is 1. The summed E-state index contributed by atoms with van der Waals surface area (Å²) in [5.74, 6) is 0.998. The van der Waals surface area contributed by atoms with Crippen LogP contribution in [0.1, 0.15) is 57.2 Å². The smallest absolute Gasteiger partial charge is 0.253 e. The Labute approximate surface area is 196 Å². The first kappa shape index (κ1) is 23.0. The molecular formula is C28H33N3O2. The topological polar surface area (TPSA) is 54.5 Å². The van der Waals surface area contributed by atoms with Gasteiger partial charge in [0.05, 0.1) is 18.4 Å². The Kier molecular flexibility index (Phi) is 7.40. The molecular weight excluding hydrogens is 410 g/mol. The molecule has 1 amide bonds. The average molecular weight is 444 g/mol. The summed E-state index contributed by atoms with van der Waals surface area (Å²) in [5, 5.41) is 3.07. The molecule has 0 spiro atoms. The van der Waals surface area contributed by atoms with Gasteiger partial charge in [-0.25, -0.2) is 0 Å². The van der Waals surface area contributed by atoms with Crippen molar-refractivity contribution >= 4 is 5.91 Å². The summed E-state index contributed by atoms with van der Waals surface area (Å²) in [5.41, 5.74) is 6.19. The number of amides is 1. The van der Waals surface area contributed by atoms with Crippen molar-refractivity contribution in [3.8, 4) is 5.75 Å². The Bertz CT molecular complexity index is 1100. The van der Waals surface area contributed by atoms with Crippen molar-refractivity contribution in [1.82, 2.24) is 15.2 Å². The number of aryl methyl sites for hydroxylation is 2. The van der Waals surface area contributed by atoms with Gasteiger partial charge in [0.25, 0.3) is 5.91 Å². The maximum atomic E-state index is 13.1. The van der Waals surface area contributed by atoms with Crippen LogP contribution in [-0.2, 0) is 13.1 Å². The lowest BCUT2D eigenvalue weighted by molar-refractivity contribution is 0.0947. The van der Waals surface area contributed by atoms with Crippen molar-refractivity contribution in [2.24, 2.45) is 0 Å². The highest BCUT2D eigenvalue weighted by molar-refractivity contribution is 5.95. The number of hydrogen-bond acceptors (Lipinski definition) is 4. The fraction of sp³-hybridized carbons (Fsp3) is 0.357. The fourth-order valence-corrected chi connectivity index (χ4v) is 4.63. The molecule has 3 aromatic rings. The van der Waals surface area contributed by atoms with E-state index in [0.29, 0.717) is 18.0 Å². The Morgan fingerprint density at radius 1 is 1.06 bits per heavy atom. The molecule has 2 heterocycles. The molecule has 4 rings (SSSR count). The molecule has 0 atom stereocenters. The number of hydrogen-bond donors (Lipinski definition) is 1. The molecule has 0 bridgehead atoms. The lowest BCUT2D eigenvalue weighted by Crippen LogP contribution is -2.34. The molecule has 5 heteroatoms. The zero-order valence-electron chi connectivity index (χ0n) is 19.8. The van der Waals surface area contributed by atoms with Crippen LogP contribution in [-0.4, -0.2) is 36.0 Å². The minimum Gasteiger partial charge on any atom is -0.496 e. The molecule has 172 valence electrons. The summed E-state index contributed by atoms with van der Waals surface area (Å²) in [6, 6.07) is 20.3. The van der Waals surface area contributed by atoms with Crippen LogP contribution < -0.4 is 10.1 Å². The molecule has 1 aliphatic rings. The zero-order valence-corrected chi connectivity index (χ0v) is 19.8. The highest BCUT2D eigenvalue weighted by Gasteiger charge is 2.26. The maximum Gasteiger partial charge on any atom is 0.253 e. The first-order chi connectivity index (χ1) is 16.0. The van der Waals surface area contributed by atoms with Gasteiger partial charge in [-0.3, -0.25) is 14.7 Å². The predicted octanol–water partition coefficient (Wildman–Crippen LogP) is 5.02. The molecule has 1 N–H and O–H groups in total. The van der Waals surface area contributed by atoms with E-state index in [2.05, 4.69) is 41.4 Å². The summed E-state index contributed by atoms with van der Waals surface area (Å²) in [6.07, 6.45) is 2.02. The number of likely N-dealkylation sites (tertiary alicyclic amines) is 1. The first-order valence-electron chi connectivity index (χ1n) is 11.7. The molecule has 1 saturated heterocycles. The number of nitrogens with zero attached hydrogens (tertiary/aromatic N) is 2. The Hall–Kier alpha value is -3.18. The van der Waals surface area contributed by atoms with Crippen LogP contribution in [0, 0.1) is 13.8 Å². The SMILES string of the molecule is COc1ccccc1CNC(=O)c1ccc(C)nc1C1CCN(Cc2cccc(C)c2)CC1. The van der Waals surface area contributed by atoms with Gasteiger partial charge < -0.3 is 10.1 Å². The van der Waals surface area contributed by atoms with E-state index in [0.717, 1.165) is 55.2 Å². The lowest BCUT2D eigenvalue weighted by atomic mass is 9.89. The quantitative estimate of drug-likeness (QED) is 0.557. The minimum absolute atomic E-state index is 0.0782. The van der Waals surface area contributed by atoms with Crippen LogP contribution in [0.15, 0.2) is 60.7 Å². The number of benzene rings is 2. The van der Waals surface area contributed by atoms with Crippen LogP contribution in [0.25, 0.3) is 0 Å². The normalized spacial score (nSPS) is 14.8. The van der Waals surface area contributed by atoms with E-state index in [4.69, 9.17) is 9.72 Å². The molecule has 33 heavy (non-hydrogen) atoms. The predicted molar refractivity (Wildman–Crippen MR) is 132 cm³/mol. The number of carbonyl (C=O) groups is 1. The van der Waals surface area contributed by atoms with Gasteiger partial charge in [-0.05, 0) is 63.5 Å². The Morgan fingerprint density at radius 2 is 1.85 bits per heavy atom. The molecule has 1 aromatic heterocycles. The molecule has 1 fully saturated rings. The van der Waals surface area contributed by atoms with Crippen molar-refractivity contribution < 1.29 is 9.53 Å². The second-order valence-electron chi connectivity index (χ2n) is 8.92. The van der Waals surface area contributed by atoms with Crippen molar-refractivity contribution in [3.63, 3.8) is 0 Å². The summed E-state index contributed by atoms with van der Waals surface area (Å²) >= 11 is 0. The van der Waals surface area contributed by atoms with Crippen LogP contribution in [0.5, 0.6) is 5.75 Å². The lowest BCUT2D eigenvalue weighted by Gasteiger charge is -2.32. The second kappa shape index (κ2) is 10.6. The zero-order chi connectivity index (χ0) is 23.2. The number of para-hydroxylation sites is 1. The summed E-state index contributed by atoms with van der Waals surface area (Å²) in [4.78, 5) is 20.5. The third kappa shape index (κ3) is 5.79. The van der Waals surface area contributed by atoms with Crippen molar-refractivity contribution in [3.05, 3.63) is 94.3 Å². The molecule has 5 nitrogen and oxygen atoms in total. The van der Waals surface area contributed by atoms with E-state index < -0.39 is 0 Å². The van der Waals surface area contributed by atoms with Crippen LogP contribution in [0.4, 0.5) is 0 Å². The van der Waals surface area contributed by atoms with Crippen molar-refractivity contribution in [2.75, 3.05) is 20.2 Å². The number of aromatic nitrogens is 1. The number of methoxy groups -OCH3 is 1. The van der Waals surface area contributed by atoms with Gasteiger partial charge in [0.1, 0.15) is 5.75 Å². The molecule has 0 saturated carbocycles. The van der Waals surface area contributed by atoms with E-state index in [-0.39, 0.29) is 5.91 Å². The standard InChI is InChI=1S/C28H33N3O2/c1-20-7-6-8-22(17-20)19-31-15-13-23(14-16-31)27-25(12-11-21(2)30-27)28(32)29-18-24-9-4-5-10-26(24)33-3/h4-12,17,23H,13-16,18-19H2,1-3H3,(H,29,32). The van der Waals surface area contributed by atoms with E-state index in [1.165, 1.54) is 11.1 Å². The number of carbonyl (C=O) groups excluding carboxylic acids is 1. The number of nitrogens with one attached hydrogen (secondary N) is 1. The summed E-state index contributed by atoms with van der Waals surface area (Å²) in [7, 11) is 1.65. The van der Waals surface area contributed by atoms with E-state index >= 15 is 0 Å². The molecule has 0 radical (unpaired) electrons. The van der Waals surface area contributed by atoms with Gasteiger partial charge in [0.15, 0.2) is 0 Å². The van der Waals surface area contributed by atoms with Gasteiger partial charge in [-0.15, -0.1) is 0 Å². The number of pyridine rings is 1. The monoisotopic (exact) mass is 443 g/mol. The van der Waals surface area contributed by atoms with Gasteiger partial charge in [0.2, 0.25) is 0 Å². The summed E-state index contributed by atoms with van der Waals surface area (Å²) < 4.78 is 5.41. The Morgan fingerprint density at radius 3 is 2.61 bits per heavy atom. The van der Waals surface area contributed by atoms with E-state index in [1.807, 2.05) is 43.3 Å². The third-order valence-corrected chi connectivity index (χ3v) is 6.40. The van der Waals surface area contributed by atoms with E-state index in [9.17, 15) is 4.79 Å². The molecule has 1 aliphatic heterocycles. The first-order valence-corrected chi connectivity index (χ1v) is 11.7. The van der Waals surface area contributed by atoms with Gasteiger partial charge in [0, 0.05) is 30.3 Å². The molecule has 0 unspecified atom stereocenters. The fourth-order valence-electron chi connectivity index (χ4n) is 4.63. The van der Waals surface area contributed by atoms with Crippen LogP contribution in [0.2, 0.25) is 0 Å². The summed E-state index contributed by atoms with van der Waals surface area (Å²) in [6.45, 7) is 7.55. The minimum atomic E-state index is -0.0782. The van der Waals surface area contributed by atoms with Crippen molar-refractivity contribution in [2.45, 2.75) is 45.7 Å². The van der Waals surface area contributed by atoms with Gasteiger partial charge >= 0.3 is 0 Å².